The summed E-state index contributed by atoms with van der Waals surface area (Å²) in [6.07, 6.45) is 1.55. The van der Waals surface area contributed by atoms with E-state index in [0.29, 0.717) is 41.7 Å². The van der Waals surface area contributed by atoms with Crippen molar-refractivity contribution in [3.63, 3.8) is 0 Å². The lowest BCUT2D eigenvalue weighted by atomic mass is 9.97. The molecule has 0 atom stereocenters. The standard InChI is InChI=1S/C21H23ClF2N2O2/c1-13-9-18(23)21(19(24)10-13)26-7-5-15(6-8-26)12-28-16-3-4-17(22)20(11-16)25-14(2)27/h3-4,9-11,15H,5-8,12H2,1-2H3,(H,25,27). The van der Waals surface area contributed by atoms with Crippen LogP contribution in [-0.2, 0) is 4.79 Å². The first-order chi connectivity index (χ1) is 13.3. The highest BCUT2D eigenvalue weighted by Crippen LogP contribution is 2.31. The number of halogens is 3. The van der Waals surface area contributed by atoms with Gasteiger partial charge in [-0.3, -0.25) is 4.79 Å². The lowest BCUT2D eigenvalue weighted by molar-refractivity contribution is -0.114. The zero-order valence-electron chi connectivity index (χ0n) is 15.9. The van der Waals surface area contributed by atoms with Gasteiger partial charge in [-0.2, -0.15) is 0 Å². The van der Waals surface area contributed by atoms with Crippen molar-refractivity contribution in [3.8, 4) is 5.75 Å². The molecule has 2 aromatic rings. The molecular weight excluding hydrogens is 386 g/mol. The van der Waals surface area contributed by atoms with Crippen LogP contribution in [0.15, 0.2) is 30.3 Å². The molecule has 0 bridgehead atoms. The molecule has 4 nitrogen and oxygen atoms in total. The van der Waals surface area contributed by atoms with Gasteiger partial charge >= 0.3 is 0 Å². The molecule has 3 rings (SSSR count). The van der Waals surface area contributed by atoms with E-state index in [9.17, 15) is 13.6 Å². The van der Waals surface area contributed by atoms with Crippen molar-refractivity contribution in [2.45, 2.75) is 26.7 Å². The van der Waals surface area contributed by atoms with Crippen LogP contribution in [0.4, 0.5) is 20.2 Å². The summed E-state index contributed by atoms with van der Waals surface area (Å²) in [4.78, 5) is 13.0. The van der Waals surface area contributed by atoms with Crippen LogP contribution in [0.25, 0.3) is 0 Å². The quantitative estimate of drug-likeness (QED) is 0.741. The Labute approximate surface area is 168 Å². The molecule has 1 N–H and O–H groups in total. The summed E-state index contributed by atoms with van der Waals surface area (Å²) in [7, 11) is 0. The minimum Gasteiger partial charge on any atom is -0.493 e. The van der Waals surface area contributed by atoms with Gasteiger partial charge in [0.05, 0.1) is 17.3 Å². The van der Waals surface area contributed by atoms with E-state index in [1.807, 2.05) is 0 Å². The van der Waals surface area contributed by atoms with Crippen LogP contribution in [0.3, 0.4) is 0 Å². The number of carbonyl (C=O) groups excluding carboxylic acids is 1. The fourth-order valence-electron chi connectivity index (χ4n) is 3.41. The van der Waals surface area contributed by atoms with Crippen molar-refractivity contribution in [2.75, 3.05) is 29.9 Å². The first-order valence-corrected chi connectivity index (χ1v) is 9.62. The maximum atomic E-state index is 14.2. The van der Waals surface area contributed by atoms with Gasteiger partial charge in [-0.25, -0.2) is 8.78 Å². The number of nitrogens with zero attached hydrogens (tertiary/aromatic N) is 1. The predicted molar refractivity (Wildman–Crippen MR) is 107 cm³/mol. The minimum atomic E-state index is -0.515. The summed E-state index contributed by atoms with van der Waals surface area (Å²) < 4.78 is 34.2. The zero-order valence-corrected chi connectivity index (χ0v) is 16.7. The van der Waals surface area contributed by atoms with Crippen molar-refractivity contribution in [1.29, 1.82) is 0 Å². The summed E-state index contributed by atoms with van der Waals surface area (Å²) in [5.41, 5.74) is 1.14. The third-order valence-corrected chi connectivity index (χ3v) is 5.16. The van der Waals surface area contributed by atoms with E-state index < -0.39 is 11.6 Å². The van der Waals surface area contributed by atoms with Crippen LogP contribution in [0.1, 0.15) is 25.3 Å². The SMILES string of the molecule is CC(=O)Nc1cc(OCC2CCN(c3c(F)cc(C)cc3F)CC2)ccc1Cl. The Morgan fingerprint density at radius 2 is 1.86 bits per heavy atom. The number of anilines is 2. The van der Waals surface area contributed by atoms with Crippen LogP contribution in [0, 0.1) is 24.5 Å². The van der Waals surface area contributed by atoms with Gasteiger partial charge in [0.15, 0.2) is 0 Å². The normalized spacial score (nSPS) is 14.8. The molecule has 7 heteroatoms. The summed E-state index contributed by atoms with van der Waals surface area (Å²) in [6, 6.07) is 7.84. The molecule has 0 aliphatic carbocycles. The molecule has 0 aromatic heterocycles. The Morgan fingerprint density at radius 3 is 2.46 bits per heavy atom. The van der Waals surface area contributed by atoms with Gasteiger partial charge < -0.3 is 15.0 Å². The number of hydrogen-bond donors (Lipinski definition) is 1. The lowest BCUT2D eigenvalue weighted by Crippen LogP contribution is -2.36. The topological polar surface area (TPSA) is 41.6 Å². The van der Waals surface area contributed by atoms with E-state index >= 15 is 0 Å². The van der Waals surface area contributed by atoms with Gasteiger partial charge in [-0.15, -0.1) is 0 Å². The van der Waals surface area contributed by atoms with Crippen LogP contribution < -0.4 is 15.0 Å². The second-order valence-corrected chi connectivity index (χ2v) is 7.55. The number of carbonyl (C=O) groups is 1. The van der Waals surface area contributed by atoms with Crippen molar-refractivity contribution in [2.24, 2.45) is 5.92 Å². The first kappa shape index (κ1) is 20.4. The highest BCUT2D eigenvalue weighted by molar-refractivity contribution is 6.33. The molecule has 2 aromatic carbocycles. The third-order valence-electron chi connectivity index (χ3n) is 4.83. The van der Waals surface area contributed by atoms with E-state index in [0.717, 1.165) is 12.8 Å². The molecule has 1 saturated heterocycles. The number of amides is 1. The summed E-state index contributed by atoms with van der Waals surface area (Å²) >= 11 is 6.06. The van der Waals surface area contributed by atoms with E-state index in [-0.39, 0.29) is 17.5 Å². The van der Waals surface area contributed by atoms with E-state index in [4.69, 9.17) is 16.3 Å². The molecule has 1 fully saturated rings. The number of aryl methyl sites for hydroxylation is 1. The molecule has 0 spiro atoms. The molecule has 0 saturated carbocycles. The number of rotatable bonds is 5. The number of piperidine rings is 1. The van der Waals surface area contributed by atoms with Crippen molar-refractivity contribution in [3.05, 3.63) is 52.6 Å². The molecular formula is C21H23ClF2N2O2. The molecule has 1 heterocycles. The second kappa shape index (κ2) is 8.78. The highest BCUT2D eigenvalue weighted by atomic mass is 35.5. The van der Waals surface area contributed by atoms with Crippen LogP contribution in [0.2, 0.25) is 5.02 Å². The molecule has 150 valence electrons. The minimum absolute atomic E-state index is 0.0580. The fourth-order valence-corrected chi connectivity index (χ4v) is 3.58. The van der Waals surface area contributed by atoms with Crippen LogP contribution >= 0.6 is 11.6 Å². The first-order valence-electron chi connectivity index (χ1n) is 9.24. The third kappa shape index (κ3) is 4.93. The van der Waals surface area contributed by atoms with E-state index in [2.05, 4.69) is 5.32 Å². The number of hydrogen-bond acceptors (Lipinski definition) is 3. The largest absolute Gasteiger partial charge is 0.493 e. The lowest BCUT2D eigenvalue weighted by Gasteiger charge is -2.34. The Bertz CT molecular complexity index is 844. The second-order valence-electron chi connectivity index (χ2n) is 7.14. The fraction of sp³-hybridized carbons (Fsp3) is 0.381. The molecule has 1 amide bonds. The van der Waals surface area contributed by atoms with E-state index in [1.54, 1.807) is 30.0 Å². The van der Waals surface area contributed by atoms with Gasteiger partial charge in [0.2, 0.25) is 5.91 Å². The van der Waals surface area contributed by atoms with Crippen LogP contribution in [0.5, 0.6) is 5.75 Å². The number of ether oxygens (including phenoxy) is 1. The highest BCUT2D eigenvalue weighted by Gasteiger charge is 2.24. The number of benzene rings is 2. The average molecular weight is 409 g/mol. The van der Waals surface area contributed by atoms with Gasteiger partial charge in [0.1, 0.15) is 23.1 Å². The molecule has 0 radical (unpaired) electrons. The maximum absolute atomic E-state index is 14.2. The molecule has 1 aliphatic heterocycles. The maximum Gasteiger partial charge on any atom is 0.221 e. The zero-order chi connectivity index (χ0) is 20.3. The number of nitrogens with one attached hydrogen (secondary N) is 1. The Morgan fingerprint density at radius 1 is 1.21 bits per heavy atom. The predicted octanol–water partition coefficient (Wildman–Crippen LogP) is 5.18. The summed E-state index contributed by atoms with van der Waals surface area (Å²) in [5, 5.41) is 3.10. The summed E-state index contributed by atoms with van der Waals surface area (Å²) in [6.45, 7) is 4.73. The van der Waals surface area contributed by atoms with Gasteiger partial charge in [-0.1, -0.05) is 11.6 Å². The summed E-state index contributed by atoms with van der Waals surface area (Å²) in [5.74, 6) is -0.335. The molecule has 1 aliphatic rings. The van der Waals surface area contributed by atoms with E-state index in [1.165, 1.54) is 19.1 Å². The Kier molecular flexibility index (Phi) is 6.39. The Balaban J connectivity index is 1.56. The molecule has 0 unspecified atom stereocenters. The average Bonchev–Trinajstić information content (AvgIpc) is 2.62. The molecule has 28 heavy (non-hydrogen) atoms. The van der Waals surface area contributed by atoms with Crippen molar-refractivity contribution < 1.29 is 18.3 Å². The van der Waals surface area contributed by atoms with Crippen molar-refractivity contribution in [1.82, 2.24) is 0 Å². The monoisotopic (exact) mass is 408 g/mol. The van der Waals surface area contributed by atoms with Gasteiger partial charge in [0, 0.05) is 26.1 Å². The van der Waals surface area contributed by atoms with Gasteiger partial charge in [-0.05, 0) is 55.5 Å². The van der Waals surface area contributed by atoms with Crippen LogP contribution in [-0.4, -0.2) is 25.6 Å². The van der Waals surface area contributed by atoms with Gasteiger partial charge in [0.25, 0.3) is 0 Å². The smallest absolute Gasteiger partial charge is 0.221 e. The van der Waals surface area contributed by atoms with Crippen molar-refractivity contribution >= 4 is 28.9 Å². The Hall–Kier alpha value is -2.34.